The van der Waals surface area contributed by atoms with Crippen LogP contribution in [-0.2, 0) is 10.1 Å². The van der Waals surface area contributed by atoms with Crippen LogP contribution in [0.3, 0.4) is 0 Å². The number of benzene rings is 1. The Bertz CT molecular complexity index is 773. The number of nitrogens with one attached hydrogen (secondary N) is 1. The highest BCUT2D eigenvalue weighted by Crippen LogP contribution is 2.39. The molecule has 2 aliphatic carbocycles. The molecule has 2 N–H and O–H groups in total. The maximum absolute atomic E-state index is 12.1. The van der Waals surface area contributed by atoms with Crippen LogP contribution >= 0.6 is 0 Å². The highest BCUT2D eigenvalue weighted by molar-refractivity contribution is 7.87. The summed E-state index contributed by atoms with van der Waals surface area (Å²) in [4.78, 5) is -1.65. The molecule has 0 fully saturated rings. The molecule has 0 heterocycles. The second-order valence-electron chi connectivity index (χ2n) is 4.94. The van der Waals surface area contributed by atoms with Crippen LogP contribution in [0.1, 0.15) is 6.42 Å². The Labute approximate surface area is 123 Å². The van der Waals surface area contributed by atoms with Gasteiger partial charge in [0.2, 0.25) is 4.87 Å². The van der Waals surface area contributed by atoms with Crippen molar-refractivity contribution in [3.05, 3.63) is 77.9 Å². The number of allylic oxidation sites excluding steroid dienone is 5. The zero-order valence-electron chi connectivity index (χ0n) is 11.2. The highest BCUT2D eigenvalue weighted by atomic mass is 32.2. The van der Waals surface area contributed by atoms with E-state index in [0.29, 0.717) is 17.7 Å². The van der Waals surface area contributed by atoms with Crippen LogP contribution in [0.15, 0.2) is 77.9 Å². The topological polar surface area (TPSA) is 66.4 Å². The van der Waals surface area contributed by atoms with Gasteiger partial charge in [-0.1, -0.05) is 48.6 Å². The first-order valence-corrected chi connectivity index (χ1v) is 8.04. The molecule has 0 bridgehead atoms. The van der Waals surface area contributed by atoms with Gasteiger partial charge in [-0.3, -0.25) is 4.55 Å². The van der Waals surface area contributed by atoms with Gasteiger partial charge >= 0.3 is 0 Å². The van der Waals surface area contributed by atoms with Crippen molar-refractivity contribution in [2.24, 2.45) is 0 Å². The quantitative estimate of drug-likeness (QED) is 0.842. The predicted octanol–water partition coefficient (Wildman–Crippen LogP) is 3.07. The van der Waals surface area contributed by atoms with Crippen molar-refractivity contribution < 1.29 is 13.0 Å². The van der Waals surface area contributed by atoms with E-state index >= 15 is 0 Å². The number of hydrogen-bond acceptors (Lipinski definition) is 3. The average molecular weight is 301 g/mol. The maximum atomic E-state index is 12.1. The zero-order valence-corrected chi connectivity index (χ0v) is 12.0. The van der Waals surface area contributed by atoms with Gasteiger partial charge in [-0.05, 0) is 30.2 Å². The lowest BCUT2D eigenvalue weighted by atomic mass is 9.88. The minimum atomic E-state index is -4.40. The van der Waals surface area contributed by atoms with Crippen LogP contribution in [0.4, 0.5) is 5.69 Å². The summed E-state index contributed by atoms with van der Waals surface area (Å²) in [5, 5.41) is 2.97. The van der Waals surface area contributed by atoms with Gasteiger partial charge in [0.1, 0.15) is 0 Å². The Balaban J connectivity index is 2.14. The lowest BCUT2D eigenvalue weighted by Gasteiger charge is -2.35. The molecule has 3 rings (SSSR count). The average Bonchev–Trinajstić information content (AvgIpc) is 2.47. The van der Waals surface area contributed by atoms with Gasteiger partial charge in [0, 0.05) is 11.3 Å². The third-order valence-electron chi connectivity index (χ3n) is 3.58. The molecule has 0 spiro atoms. The molecule has 0 saturated heterocycles. The molecule has 0 saturated carbocycles. The van der Waals surface area contributed by atoms with Crippen molar-refractivity contribution in [2.75, 3.05) is 5.32 Å². The largest absolute Gasteiger partial charge is 0.358 e. The molecule has 0 radical (unpaired) electrons. The second-order valence-corrected chi connectivity index (χ2v) is 6.53. The lowest BCUT2D eigenvalue weighted by Crippen LogP contribution is -2.47. The van der Waals surface area contributed by atoms with E-state index in [9.17, 15) is 13.0 Å². The molecule has 1 unspecified atom stereocenters. The van der Waals surface area contributed by atoms with Gasteiger partial charge in [-0.15, -0.1) is 0 Å². The summed E-state index contributed by atoms with van der Waals surface area (Å²) in [5.74, 6) is 0. The fourth-order valence-corrected chi connectivity index (χ4v) is 3.59. The van der Waals surface area contributed by atoms with Crippen molar-refractivity contribution in [1.29, 1.82) is 0 Å². The van der Waals surface area contributed by atoms with Crippen LogP contribution in [-0.4, -0.2) is 17.8 Å². The normalized spacial score (nSPS) is 24.0. The Morgan fingerprint density at radius 2 is 1.95 bits per heavy atom. The Morgan fingerprint density at radius 1 is 1.19 bits per heavy atom. The summed E-state index contributed by atoms with van der Waals surface area (Å²) in [7, 11) is -4.40. The maximum Gasteiger partial charge on any atom is 0.297 e. The summed E-state index contributed by atoms with van der Waals surface area (Å²) in [6.07, 6.45) is 11.2. The predicted molar refractivity (Wildman–Crippen MR) is 83.4 cm³/mol. The van der Waals surface area contributed by atoms with E-state index in [0.717, 1.165) is 5.57 Å². The molecular weight excluding hydrogens is 286 g/mol. The number of para-hydroxylation sites is 1. The van der Waals surface area contributed by atoms with Crippen LogP contribution in [0.5, 0.6) is 0 Å². The molecule has 0 aliphatic heterocycles. The van der Waals surface area contributed by atoms with E-state index in [1.54, 1.807) is 30.3 Å². The van der Waals surface area contributed by atoms with Gasteiger partial charge in [0.05, 0.1) is 0 Å². The molecule has 0 aromatic heterocycles. The van der Waals surface area contributed by atoms with Gasteiger partial charge in [-0.2, -0.15) is 8.42 Å². The smallest absolute Gasteiger partial charge is 0.297 e. The first kappa shape index (κ1) is 13.9. The fraction of sp³-hybridized carbons (Fsp3) is 0.125. The number of fused-ring (bicyclic) bond motifs is 1. The van der Waals surface area contributed by atoms with Crippen molar-refractivity contribution >= 4 is 15.8 Å². The third-order valence-corrected chi connectivity index (χ3v) is 4.86. The highest BCUT2D eigenvalue weighted by Gasteiger charge is 2.46. The first-order chi connectivity index (χ1) is 10.0. The van der Waals surface area contributed by atoms with Gasteiger partial charge < -0.3 is 5.32 Å². The van der Waals surface area contributed by atoms with E-state index in [2.05, 4.69) is 5.32 Å². The van der Waals surface area contributed by atoms with Crippen molar-refractivity contribution in [1.82, 2.24) is 0 Å². The molecular formula is C16H15NO3S. The second kappa shape index (κ2) is 5.02. The Kier molecular flexibility index (Phi) is 3.31. The van der Waals surface area contributed by atoms with Crippen molar-refractivity contribution in [3.8, 4) is 0 Å². The molecule has 1 aromatic carbocycles. The van der Waals surface area contributed by atoms with Gasteiger partial charge in [0.15, 0.2) is 0 Å². The van der Waals surface area contributed by atoms with Crippen LogP contribution in [0.25, 0.3) is 0 Å². The molecule has 0 amide bonds. The summed E-state index contributed by atoms with van der Waals surface area (Å²) >= 11 is 0. The zero-order chi connectivity index (χ0) is 14.9. The number of rotatable bonds is 3. The van der Waals surface area contributed by atoms with Crippen LogP contribution < -0.4 is 5.32 Å². The fourth-order valence-electron chi connectivity index (χ4n) is 2.61. The molecule has 1 aromatic rings. The molecule has 108 valence electrons. The Morgan fingerprint density at radius 3 is 2.67 bits per heavy atom. The third kappa shape index (κ3) is 2.34. The Hall–Kier alpha value is -2.11. The summed E-state index contributed by atoms with van der Waals surface area (Å²) in [6.45, 7) is 0. The van der Waals surface area contributed by atoms with E-state index in [4.69, 9.17) is 0 Å². The molecule has 4 nitrogen and oxygen atoms in total. The minimum Gasteiger partial charge on any atom is -0.358 e. The van der Waals surface area contributed by atoms with Crippen LogP contribution in [0.2, 0.25) is 0 Å². The molecule has 1 atom stereocenters. The van der Waals surface area contributed by atoms with Gasteiger partial charge in [0.25, 0.3) is 10.1 Å². The monoisotopic (exact) mass is 301 g/mol. The summed E-state index contributed by atoms with van der Waals surface area (Å²) in [6, 6.07) is 8.98. The number of anilines is 1. The molecule has 2 aliphatic rings. The van der Waals surface area contributed by atoms with Crippen LogP contribution in [0, 0.1) is 0 Å². The van der Waals surface area contributed by atoms with E-state index in [-0.39, 0.29) is 0 Å². The van der Waals surface area contributed by atoms with E-state index in [1.807, 2.05) is 30.4 Å². The standard InChI is InChI=1S/C16H15NO3S/c18-21(19,20)16(17-14-9-2-1-3-10-14)12-6-8-13-7-4-5-11-15(13)16/h1-4,6-12,17H,5H2,(H,18,19,20). The van der Waals surface area contributed by atoms with E-state index in [1.165, 1.54) is 6.08 Å². The lowest BCUT2D eigenvalue weighted by molar-refractivity contribution is 0.465. The summed E-state index contributed by atoms with van der Waals surface area (Å²) < 4.78 is 34.1. The number of hydrogen-bond donors (Lipinski definition) is 2. The van der Waals surface area contributed by atoms with E-state index < -0.39 is 15.0 Å². The van der Waals surface area contributed by atoms with Crippen molar-refractivity contribution in [2.45, 2.75) is 11.3 Å². The van der Waals surface area contributed by atoms with Crippen molar-refractivity contribution in [3.63, 3.8) is 0 Å². The van der Waals surface area contributed by atoms with Gasteiger partial charge in [-0.25, -0.2) is 0 Å². The molecule has 5 heteroatoms. The SMILES string of the molecule is O=S(=O)(O)C1(Nc2ccccc2)C=CC=C2C=CCC=C21. The minimum absolute atomic E-state index is 0.554. The molecule has 21 heavy (non-hydrogen) atoms. The summed E-state index contributed by atoms with van der Waals surface area (Å²) in [5.41, 5.74) is 1.96. The first-order valence-electron chi connectivity index (χ1n) is 6.60.